The summed E-state index contributed by atoms with van der Waals surface area (Å²) in [7, 11) is -1.75. The Labute approximate surface area is 151 Å². The highest BCUT2D eigenvalue weighted by Crippen LogP contribution is 2.32. The van der Waals surface area contributed by atoms with Gasteiger partial charge in [-0.25, -0.2) is 17.6 Å². The van der Waals surface area contributed by atoms with E-state index in [1.165, 1.54) is 24.1 Å². The second-order valence-corrected chi connectivity index (χ2v) is 8.74. The molecular weight excluding hydrogens is 365 g/mol. The molecule has 0 unspecified atom stereocenters. The number of sulfone groups is 1. The molecule has 1 saturated carbocycles. The summed E-state index contributed by atoms with van der Waals surface area (Å²) in [5, 5.41) is 0. The molecule has 0 N–H and O–H groups in total. The van der Waals surface area contributed by atoms with Crippen LogP contribution < -0.4 is 4.74 Å². The third-order valence-electron chi connectivity index (χ3n) is 4.55. The molecule has 1 aromatic carbocycles. The Morgan fingerprint density at radius 1 is 1.23 bits per heavy atom. The molecular formula is C17H20FNO6S. The van der Waals surface area contributed by atoms with Gasteiger partial charge >= 0.3 is 5.97 Å². The van der Waals surface area contributed by atoms with Gasteiger partial charge in [0.1, 0.15) is 11.6 Å². The van der Waals surface area contributed by atoms with Crippen molar-refractivity contribution in [3.05, 3.63) is 29.6 Å². The molecule has 1 aromatic rings. The van der Waals surface area contributed by atoms with Crippen LogP contribution in [0.4, 0.5) is 4.39 Å². The molecule has 0 radical (unpaired) electrons. The van der Waals surface area contributed by atoms with Crippen LogP contribution in [0, 0.1) is 5.82 Å². The number of esters is 1. The second kappa shape index (κ2) is 7.22. The van der Waals surface area contributed by atoms with Crippen LogP contribution in [0.3, 0.4) is 0 Å². The average Bonchev–Trinajstić information content (AvgIpc) is 3.35. The molecule has 1 heterocycles. The molecule has 0 bridgehead atoms. The molecule has 1 saturated heterocycles. The number of amides is 1. The Kier molecular flexibility index (Phi) is 5.17. The first-order chi connectivity index (χ1) is 12.3. The normalized spacial score (nSPS) is 21.2. The number of hydrogen-bond acceptors (Lipinski definition) is 6. The fraction of sp³-hybridized carbons (Fsp3) is 0.529. The number of ether oxygens (including phenoxy) is 2. The highest BCUT2D eigenvalue weighted by atomic mass is 32.2. The van der Waals surface area contributed by atoms with Crippen molar-refractivity contribution >= 4 is 21.7 Å². The SMILES string of the molecule is COc1ccc(C(=O)OCC(=O)N(C2CC2)[C@H]2CCS(=O)(=O)C2)c(F)c1. The first-order valence-corrected chi connectivity index (χ1v) is 10.1. The van der Waals surface area contributed by atoms with Crippen LogP contribution in [0.2, 0.25) is 0 Å². The largest absolute Gasteiger partial charge is 0.497 e. The molecule has 2 fully saturated rings. The molecule has 1 aliphatic carbocycles. The van der Waals surface area contributed by atoms with E-state index in [2.05, 4.69) is 0 Å². The van der Waals surface area contributed by atoms with E-state index in [1.807, 2.05) is 0 Å². The van der Waals surface area contributed by atoms with Crippen molar-refractivity contribution in [2.45, 2.75) is 31.3 Å². The lowest BCUT2D eigenvalue weighted by Crippen LogP contribution is -2.44. The Bertz CT molecular complexity index is 821. The maximum absolute atomic E-state index is 13.9. The lowest BCUT2D eigenvalue weighted by atomic mass is 10.2. The zero-order chi connectivity index (χ0) is 18.9. The summed E-state index contributed by atoms with van der Waals surface area (Å²) < 4.78 is 47.1. The molecule has 2 aliphatic rings. The molecule has 9 heteroatoms. The van der Waals surface area contributed by atoms with Crippen LogP contribution in [-0.2, 0) is 19.4 Å². The number of halogens is 1. The minimum absolute atomic E-state index is 0.00257. The highest BCUT2D eigenvalue weighted by Gasteiger charge is 2.42. The summed E-state index contributed by atoms with van der Waals surface area (Å²) >= 11 is 0. The van der Waals surface area contributed by atoms with Gasteiger partial charge in [0.2, 0.25) is 0 Å². The standard InChI is InChI=1S/C17H20FNO6S/c1-24-13-4-5-14(15(18)8-13)17(21)25-9-16(20)19(11-2-3-11)12-6-7-26(22,23)10-12/h4-5,8,11-12H,2-3,6-7,9-10H2,1H3/t12-/m0/s1. The van der Waals surface area contributed by atoms with Gasteiger partial charge in [-0.3, -0.25) is 4.79 Å². The smallest absolute Gasteiger partial charge is 0.341 e. The maximum atomic E-state index is 13.9. The van der Waals surface area contributed by atoms with Crippen molar-refractivity contribution < 1.29 is 31.9 Å². The molecule has 0 aromatic heterocycles. The van der Waals surface area contributed by atoms with Crippen molar-refractivity contribution in [1.29, 1.82) is 0 Å². The van der Waals surface area contributed by atoms with Gasteiger partial charge in [-0.1, -0.05) is 0 Å². The Hall–Kier alpha value is -2.16. The first-order valence-electron chi connectivity index (χ1n) is 8.33. The van der Waals surface area contributed by atoms with Gasteiger partial charge in [0, 0.05) is 18.2 Å². The number of hydrogen-bond donors (Lipinski definition) is 0. The zero-order valence-electron chi connectivity index (χ0n) is 14.3. The van der Waals surface area contributed by atoms with Gasteiger partial charge in [0.15, 0.2) is 16.4 Å². The van der Waals surface area contributed by atoms with Crippen LogP contribution in [0.25, 0.3) is 0 Å². The molecule has 1 amide bonds. The lowest BCUT2D eigenvalue weighted by Gasteiger charge is -2.28. The van der Waals surface area contributed by atoms with E-state index in [4.69, 9.17) is 9.47 Å². The predicted octanol–water partition coefficient (Wildman–Crippen LogP) is 1.17. The molecule has 1 aliphatic heterocycles. The Balaban J connectivity index is 1.62. The topological polar surface area (TPSA) is 90.0 Å². The zero-order valence-corrected chi connectivity index (χ0v) is 15.1. The van der Waals surface area contributed by atoms with Gasteiger partial charge in [-0.2, -0.15) is 0 Å². The highest BCUT2D eigenvalue weighted by molar-refractivity contribution is 7.91. The summed E-state index contributed by atoms with van der Waals surface area (Å²) in [5.74, 6) is -1.94. The molecule has 1 atom stereocenters. The van der Waals surface area contributed by atoms with Crippen molar-refractivity contribution in [3.63, 3.8) is 0 Å². The number of nitrogens with zero attached hydrogens (tertiary/aromatic N) is 1. The van der Waals surface area contributed by atoms with Crippen LogP contribution in [0.15, 0.2) is 18.2 Å². The second-order valence-electron chi connectivity index (χ2n) is 6.51. The Morgan fingerprint density at radius 2 is 1.96 bits per heavy atom. The number of benzene rings is 1. The minimum Gasteiger partial charge on any atom is -0.497 e. The van der Waals surface area contributed by atoms with Crippen molar-refractivity contribution in [2.24, 2.45) is 0 Å². The average molecular weight is 385 g/mol. The van der Waals surface area contributed by atoms with Gasteiger partial charge in [-0.05, 0) is 31.4 Å². The molecule has 3 rings (SSSR count). The minimum atomic E-state index is -3.13. The number of rotatable bonds is 6. The number of carbonyl (C=O) groups is 2. The Morgan fingerprint density at radius 3 is 2.50 bits per heavy atom. The van der Waals surface area contributed by atoms with Crippen molar-refractivity contribution in [2.75, 3.05) is 25.2 Å². The summed E-state index contributed by atoms with van der Waals surface area (Å²) in [5.41, 5.74) is -0.292. The maximum Gasteiger partial charge on any atom is 0.341 e. The number of methoxy groups -OCH3 is 1. The van der Waals surface area contributed by atoms with Crippen molar-refractivity contribution in [1.82, 2.24) is 4.90 Å². The number of carbonyl (C=O) groups excluding carboxylic acids is 2. The predicted molar refractivity (Wildman–Crippen MR) is 90.2 cm³/mol. The van der Waals surface area contributed by atoms with Crippen LogP contribution in [0.1, 0.15) is 29.6 Å². The summed E-state index contributed by atoms with van der Waals surface area (Å²) in [4.78, 5) is 26.0. The molecule has 142 valence electrons. The third-order valence-corrected chi connectivity index (χ3v) is 6.30. The van der Waals surface area contributed by atoms with E-state index in [9.17, 15) is 22.4 Å². The van der Waals surface area contributed by atoms with E-state index in [0.717, 1.165) is 18.9 Å². The molecule has 26 heavy (non-hydrogen) atoms. The quantitative estimate of drug-likeness (QED) is 0.683. The third kappa shape index (κ3) is 4.14. The fourth-order valence-corrected chi connectivity index (χ4v) is 4.83. The van der Waals surface area contributed by atoms with E-state index < -0.39 is 34.1 Å². The summed E-state index contributed by atoms with van der Waals surface area (Å²) in [6.45, 7) is -0.544. The lowest BCUT2D eigenvalue weighted by molar-refractivity contribution is -0.137. The fourth-order valence-electron chi connectivity index (χ4n) is 3.12. The van der Waals surface area contributed by atoms with E-state index in [0.29, 0.717) is 6.42 Å². The van der Waals surface area contributed by atoms with E-state index >= 15 is 0 Å². The van der Waals surface area contributed by atoms with Crippen LogP contribution in [-0.4, -0.2) is 62.5 Å². The van der Waals surface area contributed by atoms with E-state index in [-0.39, 0.29) is 34.9 Å². The van der Waals surface area contributed by atoms with E-state index in [1.54, 1.807) is 0 Å². The summed E-state index contributed by atoms with van der Waals surface area (Å²) in [6.07, 6.45) is 2.01. The van der Waals surface area contributed by atoms with Gasteiger partial charge < -0.3 is 14.4 Å². The first kappa shape index (κ1) is 18.6. The van der Waals surface area contributed by atoms with Crippen molar-refractivity contribution in [3.8, 4) is 5.75 Å². The van der Waals surface area contributed by atoms with Gasteiger partial charge in [0.05, 0.1) is 24.2 Å². The molecule has 7 nitrogen and oxygen atoms in total. The van der Waals surface area contributed by atoms with Crippen LogP contribution in [0.5, 0.6) is 5.75 Å². The van der Waals surface area contributed by atoms with Crippen LogP contribution >= 0.6 is 0 Å². The monoisotopic (exact) mass is 385 g/mol. The summed E-state index contributed by atoms with van der Waals surface area (Å²) in [6, 6.07) is 3.32. The molecule has 0 spiro atoms. The van der Waals surface area contributed by atoms with Gasteiger partial charge in [-0.15, -0.1) is 0 Å². The van der Waals surface area contributed by atoms with Gasteiger partial charge in [0.25, 0.3) is 5.91 Å².